The van der Waals surface area contributed by atoms with Crippen molar-refractivity contribution in [1.29, 1.82) is 0 Å². The summed E-state index contributed by atoms with van der Waals surface area (Å²) in [4.78, 5) is 41.9. The van der Waals surface area contributed by atoms with E-state index in [-0.39, 0.29) is 22.1 Å². The Kier molecular flexibility index (Phi) is 7.01. The molecule has 1 atom stereocenters. The van der Waals surface area contributed by atoms with Crippen molar-refractivity contribution in [1.82, 2.24) is 24.2 Å². The van der Waals surface area contributed by atoms with Gasteiger partial charge in [0, 0.05) is 24.8 Å². The van der Waals surface area contributed by atoms with Gasteiger partial charge in [-0.05, 0) is 56.2 Å². The lowest BCUT2D eigenvalue weighted by Crippen LogP contribution is -2.31. The number of pyridine rings is 2. The number of rotatable bonds is 6. The Morgan fingerprint density at radius 1 is 1.07 bits per heavy atom. The molecule has 0 saturated heterocycles. The van der Waals surface area contributed by atoms with Gasteiger partial charge in [-0.2, -0.15) is 0 Å². The highest BCUT2D eigenvalue weighted by Crippen LogP contribution is 2.31. The van der Waals surface area contributed by atoms with E-state index in [0.717, 1.165) is 34.3 Å². The van der Waals surface area contributed by atoms with Gasteiger partial charge >= 0.3 is 0 Å². The number of aryl methyl sites for hydroxylation is 2. The zero-order valence-electron chi connectivity index (χ0n) is 22.6. The van der Waals surface area contributed by atoms with Crippen LogP contribution in [0.4, 0.5) is 11.6 Å². The molecule has 1 aliphatic rings. The minimum Gasteiger partial charge on any atom is -0.377 e. The second-order valence-corrected chi connectivity index (χ2v) is 12.2. The van der Waals surface area contributed by atoms with Gasteiger partial charge in [0.25, 0.3) is 11.5 Å². The van der Waals surface area contributed by atoms with E-state index in [1.54, 1.807) is 17.7 Å². The molecule has 0 radical (unpaired) electrons. The predicted octanol–water partition coefficient (Wildman–Crippen LogP) is 3.38. The molecule has 2 N–H and O–H groups in total. The van der Waals surface area contributed by atoms with Gasteiger partial charge < -0.3 is 10.2 Å². The number of nitrogens with zero attached hydrogens (tertiary/aromatic N) is 5. The second kappa shape index (κ2) is 10.2. The number of carbonyl (C=O) groups is 1. The quantitative estimate of drug-likeness (QED) is 0.328. The zero-order chi connectivity index (χ0) is 28.9. The average molecular weight is 582 g/mol. The lowest BCUT2D eigenvalue weighted by Gasteiger charge is -2.23. The Bertz CT molecular complexity index is 1860. The molecule has 0 saturated carbocycles. The first-order valence-corrected chi connectivity index (χ1v) is 14.7. The number of anilines is 2. The van der Waals surface area contributed by atoms with E-state index >= 15 is 0 Å². The number of hydrogen-bond acceptors (Lipinski definition) is 9. The SMILES string of the molecule is Cc1cc([C@@H](C)Nc2ccc(Cl)nc2C(=O)NS(C)(=O)=O)c2nc(N3Cc4ccc(C)nc4C3)n(C)c(=O)c2c1. The Morgan fingerprint density at radius 2 is 1.82 bits per heavy atom. The molecule has 0 bridgehead atoms. The maximum Gasteiger partial charge on any atom is 0.285 e. The number of nitrogens with one attached hydrogen (secondary N) is 2. The van der Waals surface area contributed by atoms with Gasteiger partial charge in [0.1, 0.15) is 5.15 Å². The van der Waals surface area contributed by atoms with Crippen LogP contribution < -0.4 is 20.5 Å². The fourth-order valence-electron chi connectivity index (χ4n) is 4.91. The first-order valence-electron chi connectivity index (χ1n) is 12.5. The van der Waals surface area contributed by atoms with Crippen LogP contribution in [0.5, 0.6) is 0 Å². The van der Waals surface area contributed by atoms with E-state index in [2.05, 4.69) is 21.4 Å². The fourth-order valence-corrected chi connectivity index (χ4v) is 5.49. The van der Waals surface area contributed by atoms with Crippen LogP contribution in [0.3, 0.4) is 0 Å². The van der Waals surface area contributed by atoms with Crippen molar-refractivity contribution in [2.75, 3.05) is 16.5 Å². The fraction of sp³-hybridized carbons (Fsp3) is 0.296. The number of sulfonamides is 1. The molecule has 1 amide bonds. The molecule has 11 nitrogen and oxygen atoms in total. The van der Waals surface area contributed by atoms with E-state index in [9.17, 15) is 18.0 Å². The van der Waals surface area contributed by atoms with Crippen molar-refractivity contribution >= 4 is 50.1 Å². The molecule has 13 heteroatoms. The maximum atomic E-state index is 13.6. The van der Waals surface area contributed by atoms with E-state index in [0.29, 0.717) is 29.9 Å². The summed E-state index contributed by atoms with van der Waals surface area (Å²) in [5, 5.41) is 3.73. The van der Waals surface area contributed by atoms with Gasteiger partial charge in [-0.15, -0.1) is 0 Å². The standard InChI is InChI=1S/C27H28ClN7O4S/c1-14-10-18(16(3)30-20-8-9-22(28)31-24(20)25(36)33-40(5,38)39)23-19(11-14)26(37)34(4)27(32-23)35-12-17-7-6-15(2)29-21(17)13-35/h6-11,16,30H,12-13H2,1-5H3,(H,33,36)/t16-/m1/s1. The molecule has 208 valence electrons. The lowest BCUT2D eigenvalue weighted by molar-refractivity contribution is 0.0977. The van der Waals surface area contributed by atoms with Gasteiger partial charge in [0.15, 0.2) is 5.69 Å². The number of fused-ring (bicyclic) bond motifs is 2. The first kappa shape index (κ1) is 27.5. The normalized spacial score (nSPS) is 13.8. The topological polar surface area (TPSA) is 139 Å². The number of aromatic nitrogens is 4. The van der Waals surface area contributed by atoms with Gasteiger partial charge in [0.2, 0.25) is 16.0 Å². The molecule has 5 rings (SSSR count). The molecule has 4 heterocycles. The minimum atomic E-state index is -3.83. The monoisotopic (exact) mass is 581 g/mol. The predicted molar refractivity (Wildman–Crippen MR) is 154 cm³/mol. The largest absolute Gasteiger partial charge is 0.377 e. The van der Waals surface area contributed by atoms with E-state index in [1.165, 1.54) is 6.07 Å². The third kappa shape index (κ3) is 5.36. The molecular formula is C27H28ClN7O4S. The summed E-state index contributed by atoms with van der Waals surface area (Å²) >= 11 is 6.01. The number of carbonyl (C=O) groups excluding carboxylic acids is 1. The molecule has 3 aromatic heterocycles. The van der Waals surface area contributed by atoms with Crippen LogP contribution in [0.1, 0.15) is 51.5 Å². The molecule has 0 fully saturated rings. The van der Waals surface area contributed by atoms with Crippen LogP contribution in [-0.2, 0) is 30.2 Å². The van der Waals surface area contributed by atoms with E-state index < -0.39 is 22.0 Å². The maximum absolute atomic E-state index is 13.6. The Balaban J connectivity index is 1.56. The highest BCUT2D eigenvalue weighted by molar-refractivity contribution is 7.89. The summed E-state index contributed by atoms with van der Waals surface area (Å²) in [6.07, 6.45) is 0.879. The highest BCUT2D eigenvalue weighted by Gasteiger charge is 2.26. The van der Waals surface area contributed by atoms with Gasteiger partial charge in [0.05, 0.1) is 41.1 Å². The van der Waals surface area contributed by atoms with Crippen molar-refractivity contribution < 1.29 is 13.2 Å². The summed E-state index contributed by atoms with van der Waals surface area (Å²) in [5.74, 6) is -0.396. The molecule has 4 aromatic rings. The molecule has 40 heavy (non-hydrogen) atoms. The van der Waals surface area contributed by atoms with Crippen LogP contribution in [0.25, 0.3) is 10.9 Å². The first-order chi connectivity index (χ1) is 18.8. The Labute approximate surface area is 236 Å². The molecule has 1 aromatic carbocycles. The van der Waals surface area contributed by atoms with Crippen LogP contribution in [0, 0.1) is 13.8 Å². The Hall–Kier alpha value is -4.03. The van der Waals surface area contributed by atoms with Crippen molar-refractivity contribution in [3.05, 3.63) is 85.7 Å². The zero-order valence-corrected chi connectivity index (χ0v) is 24.2. The van der Waals surface area contributed by atoms with Crippen LogP contribution in [0.2, 0.25) is 5.15 Å². The number of halogens is 1. The Morgan fingerprint density at radius 3 is 2.55 bits per heavy atom. The lowest BCUT2D eigenvalue weighted by atomic mass is 10.0. The summed E-state index contributed by atoms with van der Waals surface area (Å²) in [6.45, 7) is 6.81. The molecular weight excluding hydrogens is 554 g/mol. The molecule has 0 aliphatic carbocycles. The van der Waals surface area contributed by atoms with Crippen molar-refractivity contribution in [2.24, 2.45) is 7.05 Å². The van der Waals surface area contributed by atoms with Crippen molar-refractivity contribution in [3.63, 3.8) is 0 Å². The smallest absolute Gasteiger partial charge is 0.285 e. The number of benzene rings is 1. The summed E-state index contributed by atoms with van der Waals surface area (Å²) in [7, 11) is -2.12. The summed E-state index contributed by atoms with van der Waals surface area (Å²) in [6, 6.07) is 10.4. The van der Waals surface area contributed by atoms with Gasteiger partial charge in [-0.3, -0.25) is 19.1 Å². The van der Waals surface area contributed by atoms with Crippen LogP contribution in [0.15, 0.2) is 41.2 Å². The molecule has 0 spiro atoms. The summed E-state index contributed by atoms with van der Waals surface area (Å²) in [5.41, 5.74) is 5.01. The van der Waals surface area contributed by atoms with Crippen molar-refractivity contribution in [2.45, 2.75) is 39.9 Å². The molecule has 1 aliphatic heterocycles. The number of amides is 1. The average Bonchev–Trinajstić information content (AvgIpc) is 3.28. The second-order valence-electron chi connectivity index (χ2n) is 10.0. The van der Waals surface area contributed by atoms with Gasteiger partial charge in [-0.25, -0.2) is 23.1 Å². The van der Waals surface area contributed by atoms with Crippen LogP contribution >= 0.6 is 11.6 Å². The third-order valence-corrected chi connectivity index (χ3v) is 7.48. The van der Waals surface area contributed by atoms with E-state index in [4.69, 9.17) is 16.6 Å². The number of hydrogen-bond donors (Lipinski definition) is 2. The minimum absolute atomic E-state index is 0.0314. The van der Waals surface area contributed by atoms with Gasteiger partial charge in [-0.1, -0.05) is 23.7 Å². The van der Waals surface area contributed by atoms with Crippen LogP contribution in [-0.4, -0.2) is 40.1 Å². The third-order valence-electron chi connectivity index (χ3n) is 6.72. The van der Waals surface area contributed by atoms with E-state index in [1.807, 2.05) is 48.6 Å². The highest BCUT2D eigenvalue weighted by atomic mass is 35.5. The van der Waals surface area contributed by atoms with Crippen molar-refractivity contribution in [3.8, 4) is 0 Å². The molecule has 0 unspecified atom stereocenters. The summed E-state index contributed by atoms with van der Waals surface area (Å²) < 4.78 is 26.8.